The molecule has 0 nitrogen and oxygen atoms in total. The molecule has 0 aliphatic carbocycles. The zero-order chi connectivity index (χ0) is 14.9. The van der Waals surface area contributed by atoms with Crippen LogP contribution in [0.1, 0.15) is 117 Å². The summed E-state index contributed by atoms with van der Waals surface area (Å²) in [4.78, 5) is 0.786. The summed E-state index contributed by atoms with van der Waals surface area (Å²) in [6.45, 7) is 4.58. The molecule has 0 aliphatic heterocycles. The second-order valence-corrected chi connectivity index (χ2v) is 7.71. The van der Waals surface area contributed by atoms with Crippen LogP contribution in [0.5, 0.6) is 0 Å². The molecule has 20 heavy (non-hydrogen) atoms. The summed E-state index contributed by atoms with van der Waals surface area (Å²) in [5.74, 6) is 0. The molecule has 0 bridgehead atoms. The average Bonchev–Trinajstić information content (AvgIpc) is 2.45. The molecule has 1 atom stereocenters. The van der Waals surface area contributed by atoms with Gasteiger partial charge in [-0.3, -0.25) is 0 Å². The number of halogens is 1. The van der Waals surface area contributed by atoms with Gasteiger partial charge in [0.1, 0.15) is 0 Å². The summed E-state index contributed by atoms with van der Waals surface area (Å²) < 4.78 is 0. The smallest absolute Gasteiger partial charge is 0.0145 e. The van der Waals surface area contributed by atoms with Gasteiger partial charge >= 0.3 is 0 Å². The summed E-state index contributed by atoms with van der Waals surface area (Å²) in [5.41, 5.74) is 0. The molecule has 0 aromatic carbocycles. The van der Waals surface area contributed by atoms with E-state index in [0.717, 1.165) is 4.83 Å². The van der Waals surface area contributed by atoms with Crippen molar-refractivity contribution in [1.29, 1.82) is 0 Å². The van der Waals surface area contributed by atoms with Crippen molar-refractivity contribution in [2.75, 3.05) is 0 Å². The third-order valence-corrected chi connectivity index (χ3v) is 5.16. The molecule has 0 aromatic heterocycles. The van der Waals surface area contributed by atoms with E-state index in [0.29, 0.717) is 0 Å². The van der Waals surface area contributed by atoms with Crippen molar-refractivity contribution >= 4 is 15.9 Å². The Morgan fingerprint density at radius 3 is 1.15 bits per heavy atom. The van der Waals surface area contributed by atoms with Crippen molar-refractivity contribution in [3.63, 3.8) is 0 Å². The first-order chi connectivity index (χ1) is 9.81. The lowest BCUT2D eigenvalue weighted by atomic mass is 10.0. The van der Waals surface area contributed by atoms with Crippen LogP contribution in [0.2, 0.25) is 0 Å². The maximum atomic E-state index is 3.86. The molecular weight excluding hydrogens is 308 g/mol. The fraction of sp³-hybridized carbons (Fsp3) is 1.00. The first-order valence-corrected chi connectivity index (χ1v) is 10.4. The number of hydrogen-bond donors (Lipinski definition) is 0. The van der Waals surface area contributed by atoms with E-state index in [1.165, 1.54) is 103 Å². The van der Waals surface area contributed by atoms with Crippen molar-refractivity contribution in [2.45, 2.75) is 121 Å². The van der Waals surface area contributed by atoms with Crippen LogP contribution in [0, 0.1) is 0 Å². The minimum absolute atomic E-state index is 0.786. The quantitative estimate of drug-likeness (QED) is 0.196. The van der Waals surface area contributed by atoms with Crippen LogP contribution in [0.4, 0.5) is 0 Å². The number of hydrogen-bond acceptors (Lipinski definition) is 0. The van der Waals surface area contributed by atoms with E-state index in [9.17, 15) is 0 Å². The van der Waals surface area contributed by atoms with Gasteiger partial charge in [0, 0.05) is 4.83 Å². The van der Waals surface area contributed by atoms with E-state index in [-0.39, 0.29) is 0 Å². The SMILES string of the molecule is CCCCCCCCCCC(Br)CCCCCCCC. The fourth-order valence-corrected chi connectivity index (χ4v) is 3.44. The lowest BCUT2D eigenvalue weighted by Crippen LogP contribution is -1.97. The first-order valence-electron chi connectivity index (χ1n) is 9.45. The molecule has 0 rings (SSSR count). The van der Waals surface area contributed by atoms with Gasteiger partial charge in [0.25, 0.3) is 0 Å². The van der Waals surface area contributed by atoms with Gasteiger partial charge in [-0.05, 0) is 12.8 Å². The van der Waals surface area contributed by atoms with Crippen LogP contribution >= 0.6 is 15.9 Å². The zero-order valence-electron chi connectivity index (χ0n) is 14.3. The third kappa shape index (κ3) is 16.5. The van der Waals surface area contributed by atoms with Crippen molar-refractivity contribution < 1.29 is 0 Å². The summed E-state index contributed by atoms with van der Waals surface area (Å²) in [6, 6.07) is 0. The Morgan fingerprint density at radius 2 is 0.800 bits per heavy atom. The normalized spacial score (nSPS) is 12.8. The molecule has 0 amide bonds. The van der Waals surface area contributed by atoms with E-state index >= 15 is 0 Å². The summed E-state index contributed by atoms with van der Waals surface area (Å²) in [7, 11) is 0. The minimum Gasteiger partial charge on any atom is -0.0891 e. The standard InChI is InChI=1S/C19H39Br/c1-3-5-7-9-11-12-14-16-18-19(20)17-15-13-10-8-6-4-2/h19H,3-18H2,1-2H3. The second kappa shape index (κ2) is 17.5. The van der Waals surface area contributed by atoms with Crippen LogP contribution in [-0.2, 0) is 0 Å². The molecule has 0 aliphatic rings. The Morgan fingerprint density at radius 1 is 0.500 bits per heavy atom. The lowest BCUT2D eigenvalue weighted by molar-refractivity contribution is 0.538. The molecule has 0 heterocycles. The first kappa shape index (κ1) is 20.5. The van der Waals surface area contributed by atoms with Gasteiger partial charge in [-0.1, -0.05) is 120 Å². The van der Waals surface area contributed by atoms with Crippen LogP contribution in [-0.4, -0.2) is 4.83 Å². The molecule has 0 spiro atoms. The highest BCUT2D eigenvalue weighted by Crippen LogP contribution is 2.19. The highest BCUT2D eigenvalue weighted by Gasteiger charge is 2.03. The topological polar surface area (TPSA) is 0 Å². The van der Waals surface area contributed by atoms with Crippen LogP contribution in [0.25, 0.3) is 0 Å². The predicted octanol–water partition coefficient (Wildman–Crippen LogP) is 8.03. The number of unbranched alkanes of at least 4 members (excludes halogenated alkanes) is 12. The molecule has 122 valence electrons. The summed E-state index contributed by atoms with van der Waals surface area (Å²) >= 11 is 3.86. The van der Waals surface area contributed by atoms with Gasteiger partial charge in [0.2, 0.25) is 0 Å². The Kier molecular flexibility index (Phi) is 18.0. The lowest BCUT2D eigenvalue weighted by Gasteiger charge is -2.09. The van der Waals surface area contributed by atoms with Gasteiger partial charge in [-0.15, -0.1) is 0 Å². The second-order valence-electron chi connectivity index (χ2n) is 6.42. The summed E-state index contributed by atoms with van der Waals surface area (Å²) in [5, 5.41) is 0. The molecule has 0 aromatic rings. The maximum Gasteiger partial charge on any atom is 0.0145 e. The van der Waals surface area contributed by atoms with Gasteiger partial charge in [-0.2, -0.15) is 0 Å². The molecule has 0 fully saturated rings. The van der Waals surface area contributed by atoms with E-state index in [1.807, 2.05) is 0 Å². The van der Waals surface area contributed by atoms with E-state index in [1.54, 1.807) is 0 Å². The minimum atomic E-state index is 0.786. The number of alkyl halides is 1. The molecule has 0 saturated carbocycles. The van der Waals surface area contributed by atoms with E-state index < -0.39 is 0 Å². The van der Waals surface area contributed by atoms with E-state index in [2.05, 4.69) is 29.8 Å². The Hall–Kier alpha value is 0.480. The van der Waals surface area contributed by atoms with E-state index in [4.69, 9.17) is 0 Å². The fourth-order valence-electron chi connectivity index (χ4n) is 2.79. The number of rotatable bonds is 16. The van der Waals surface area contributed by atoms with Crippen molar-refractivity contribution in [3.8, 4) is 0 Å². The molecular formula is C19H39Br. The van der Waals surface area contributed by atoms with Gasteiger partial charge in [-0.25, -0.2) is 0 Å². The van der Waals surface area contributed by atoms with Crippen LogP contribution < -0.4 is 0 Å². The third-order valence-electron chi connectivity index (χ3n) is 4.24. The van der Waals surface area contributed by atoms with Crippen LogP contribution in [0.15, 0.2) is 0 Å². The molecule has 0 saturated heterocycles. The monoisotopic (exact) mass is 346 g/mol. The van der Waals surface area contributed by atoms with Crippen LogP contribution in [0.3, 0.4) is 0 Å². The van der Waals surface area contributed by atoms with Crippen molar-refractivity contribution in [2.24, 2.45) is 0 Å². The maximum absolute atomic E-state index is 3.86. The average molecular weight is 347 g/mol. The zero-order valence-corrected chi connectivity index (χ0v) is 15.9. The highest BCUT2D eigenvalue weighted by atomic mass is 79.9. The predicted molar refractivity (Wildman–Crippen MR) is 97.9 cm³/mol. The Bertz CT molecular complexity index is 167. The molecule has 1 heteroatoms. The van der Waals surface area contributed by atoms with Gasteiger partial charge in [0.05, 0.1) is 0 Å². The van der Waals surface area contributed by atoms with Crippen molar-refractivity contribution in [1.82, 2.24) is 0 Å². The highest BCUT2D eigenvalue weighted by molar-refractivity contribution is 9.09. The molecule has 0 radical (unpaired) electrons. The Labute approximate surface area is 137 Å². The van der Waals surface area contributed by atoms with Gasteiger partial charge in [0.15, 0.2) is 0 Å². The summed E-state index contributed by atoms with van der Waals surface area (Å²) in [6.07, 6.45) is 22.9. The van der Waals surface area contributed by atoms with Gasteiger partial charge < -0.3 is 0 Å². The van der Waals surface area contributed by atoms with Crippen molar-refractivity contribution in [3.05, 3.63) is 0 Å². The largest absolute Gasteiger partial charge is 0.0891 e. The Balaban J connectivity index is 3.10. The molecule has 0 N–H and O–H groups in total. The molecule has 1 unspecified atom stereocenters.